The molecule has 132 valence electrons. The smallest absolute Gasteiger partial charge is 0.262 e. The number of anilines is 2. The van der Waals surface area contributed by atoms with Gasteiger partial charge in [0.05, 0.1) is 11.3 Å². The molecule has 0 spiro atoms. The average Bonchev–Trinajstić information content (AvgIpc) is 3.15. The van der Waals surface area contributed by atoms with Crippen LogP contribution in [0.3, 0.4) is 0 Å². The predicted molar refractivity (Wildman–Crippen MR) is 94.8 cm³/mol. The summed E-state index contributed by atoms with van der Waals surface area (Å²) in [6, 6.07) is 12.3. The lowest BCUT2D eigenvalue weighted by molar-refractivity contribution is -0.118. The number of hydrogen-bond donors (Lipinski definition) is 2. The van der Waals surface area contributed by atoms with E-state index >= 15 is 0 Å². The van der Waals surface area contributed by atoms with Gasteiger partial charge in [-0.05, 0) is 24.3 Å². The zero-order chi connectivity index (χ0) is 18.4. The molecule has 2 aromatic carbocycles. The second-order valence-corrected chi connectivity index (χ2v) is 5.84. The molecule has 0 aliphatic rings. The van der Waals surface area contributed by atoms with Gasteiger partial charge in [-0.1, -0.05) is 35.6 Å². The van der Waals surface area contributed by atoms with Gasteiger partial charge in [0.15, 0.2) is 6.61 Å². The fourth-order valence-electron chi connectivity index (χ4n) is 2.06. The van der Waals surface area contributed by atoms with Crippen molar-refractivity contribution in [3.8, 4) is 5.75 Å². The summed E-state index contributed by atoms with van der Waals surface area (Å²) >= 11 is 1.18. The Morgan fingerprint density at radius 2 is 1.85 bits per heavy atom. The van der Waals surface area contributed by atoms with Crippen LogP contribution in [0.15, 0.2) is 54.0 Å². The lowest BCUT2D eigenvalue weighted by Gasteiger charge is -2.11. The van der Waals surface area contributed by atoms with E-state index in [1.54, 1.807) is 30.3 Å². The number of aromatic nitrogens is 2. The molecule has 0 bridgehead atoms. The van der Waals surface area contributed by atoms with Gasteiger partial charge in [0.25, 0.3) is 11.8 Å². The number of nitrogens with one attached hydrogen (secondary N) is 2. The molecule has 1 aromatic heterocycles. The second-order valence-electron chi connectivity index (χ2n) is 5.01. The monoisotopic (exact) mass is 372 g/mol. The molecule has 3 rings (SSSR count). The van der Waals surface area contributed by atoms with Gasteiger partial charge < -0.3 is 10.1 Å². The maximum atomic E-state index is 13.5. The molecule has 1 heterocycles. The number of rotatable bonds is 6. The standard InChI is InChI=1S/C17H13FN4O3S/c18-12-6-2-3-7-13(12)20-15(23)9-25-14-8-4-1-5-11(14)16(24)21-17-22-19-10-26-17/h1-8,10H,9H2,(H,20,23)(H,21,22,24). The van der Waals surface area contributed by atoms with Crippen LogP contribution in [-0.2, 0) is 4.79 Å². The van der Waals surface area contributed by atoms with Crippen LogP contribution in [0.1, 0.15) is 10.4 Å². The van der Waals surface area contributed by atoms with Crippen molar-refractivity contribution in [3.05, 3.63) is 65.4 Å². The molecule has 0 fully saturated rings. The highest BCUT2D eigenvalue weighted by molar-refractivity contribution is 7.13. The van der Waals surface area contributed by atoms with E-state index in [1.807, 2.05) is 0 Å². The SMILES string of the molecule is O=C(COc1ccccc1C(=O)Nc1nncs1)Nc1ccccc1F. The number of carbonyl (C=O) groups is 2. The molecule has 0 unspecified atom stereocenters. The first-order chi connectivity index (χ1) is 12.6. The molecule has 0 radical (unpaired) electrons. The van der Waals surface area contributed by atoms with Crippen LogP contribution in [0, 0.1) is 5.82 Å². The lowest BCUT2D eigenvalue weighted by Crippen LogP contribution is -2.22. The molecule has 0 aliphatic heterocycles. The molecular weight excluding hydrogens is 359 g/mol. The van der Waals surface area contributed by atoms with Crippen molar-refractivity contribution in [1.82, 2.24) is 10.2 Å². The largest absolute Gasteiger partial charge is 0.483 e. The van der Waals surface area contributed by atoms with Crippen molar-refractivity contribution in [2.45, 2.75) is 0 Å². The Hall–Kier alpha value is -3.33. The molecule has 2 N–H and O–H groups in total. The van der Waals surface area contributed by atoms with E-state index < -0.39 is 17.6 Å². The van der Waals surface area contributed by atoms with E-state index in [0.29, 0.717) is 5.13 Å². The first kappa shape index (κ1) is 17.5. The van der Waals surface area contributed by atoms with Crippen molar-refractivity contribution in [1.29, 1.82) is 0 Å². The third-order valence-corrected chi connectivity index (χ3v) is 3.83. The number of ether oxygens (including phenoxy) is 1. The van der Waals surface area contributed by atoms with E-state index in [-0.39, 0.29) is 23.6 Å². The van der Waals surface area contributed by atoms with Crippen molar-refractivity contribution in [2.24, 2.45) is 0 Å². The molecular formula is C17H13FN4O3S. The summed E-state index contributed by atoms with van der Waals surface area (Å²) in [4.78, 5) is 24.3. The fraction of sp³-hybridized carbons (Fsp3) is 0.0588. The van der Waals surface area contributed by atoms with Crippen LogP contribution in [-0.4, -0.2) is 28.6 Å². The summed E-state index contributed by atoms with van der Waals surface area (Å²) in [5.41, 5.74) is 1.79. The number of hydrogen-bond acceptors (Lipinski definition) is 6. The highest BCUT2D eigenvalue weighted by atomic mass is 32.1. The fourth-order valence-corrected chi connectivity index (χ4v) is 2.50. The normalized spacial score (nSPS) is 10.2. The molecule has 26 heavy (non-hydrogen) atoms. The third kappa shape index (κ3) is 4.39. The van der Waals surface area contributed by atoms with Crippen LogP contribution in [0.25, 0.3) is 0 Å². The highest BCUT2D eigenvalue weighted by Gasteiger charge is 2.15. The van der Waals surface area contributed by atoms with Gasteiger partial charge in [-0.25, -0.2) is 4.39 Å². The molecule has 9 heteroatoms. The Balaban J connectivity index is 1.64. The highest BCUT2D eigenvalue weighted by Crippen LogP contribution is 2.20. The molecule has 0 atom stereocenters. The Morgan fingerprint density at radius 3 is 2.62 bits per heavy atom. The van der Waals surface area contributed by atoms with Crippen LogP contribution in [0.4, 0.5) is 15.2 Å². The van der Waals surface area contributed by atoms with E-state index in [4.69, 9.17) is 4.74 Å². The van der Waals surface area contributed by atoms with E-state index in [0.717, 1.165) is 0 Å². The van der Waals surface area contributed by atoms with E-state index in [1.165, 1.54) is 35.0 Å². The van der Waals surface area contributed by atoms with Crippen molar-refractivity contribution < 1.29 is 18.7 Å². The minimum atomic E-state index is -0.547. The van der Waals surface area contributed by atoms with Gasteiger partial charge >= 0.3 is 0 Å². The van der Waals surface area contributed by atoms with E-state index in [9.17, 15) is 14.0 Å². The minimum Gasteiger partial charge on any atom is -0.483 e. The van der Waals surface area contributed by atoms with Crippen LogP contribution in [0.2, 0.25) is 0 Å². The Bertz CT molecular complexity index is 918. The summed E-state index contributed by atoms with van der Waals surface area (Å²) in [6.07, 6.45) is 0. The molecule has 3 aromatic rings. The maximum Gasteiger partial charge on any atom is 0.262 e. The maximum absolute atomic E-state index is 13.5. The third-order valence-electron chi connectivity index (χ3n) is 3.22. The van der Waals surface area contributed by atoms with Crippen LogP contribution in [0.5, 0.6) is 5.75 Å². The molecule has 0 saturated carbocycles. The molecule has 0 aliphatic carbocycles. The van der Waals surface area contributed by atoms with Gasteiger partial charge in [-0.15, -0.1) is 10.2 Å². The van der Waals surface area contributed by atoms with Gasteiger partial charge in [0.2, 0.25) is 5.13 Å². The number of para-hydroxylation sites is 2. The number of carbonyl (C=O) groups excluding carboxylic acids is 2. The summed E-state index contributed by atoms with van der Waals surface area (Å²) < 4.78 is 19.0. The van der Waals surface area contributed by atoms with Gasteiger partial charge in [-0.3, -0.25) is 14.9 Å². The van der Waals surface area contributed by atoms with Crippen molar-refractivity contribution in [2.75, 3.05) is 17.2 Å². The predicted octanol–water partition coefficient (Wildman–Crippen LogP) is 2.95. The minimum absolute atomic E-state index is 0.0587. The van der Waals surface area contributed by atoms with Crippen LogP contribution >= 0.6 is 11.3 Å². The zero-order valence-electron chi connectivity index (χ0n) is 13.3. The lowest BCUT2D eigenvalue weighted by atomic mass is 10.2. The van der Waals surface area contributed by atoms with Crippen molar-refractivity contribution >= 4 is 34.0 Å². The summed E-state index contributed by atoms with van der Waals surface area (Å²) in [5.74, 6) is -1.31. The summed E-state index contributed by atoms with van der Waals surface area (Å²) in [7, 11) is 0. The zero-order valence-corrected chi connectivity index (χ0v) is 14.1. The van der Waals surface area contributed by atoms with Crippen LogP contribution < -0.4 is 15.4 Å². The van der Waals surface area contributed by atoms with E-state index in [2.05, 4.69) is 20.8 Å². The van der Waals surface area contributed by atoms with Gasteiger partial charge in [-0.2, -0.15) is 0 Å². The molecule has 0 saturated heterocycles. The topological polar surface area (TPSA) is 93.2 Å². The summed E-state index contributed by atoms with van der Waals surface area (Å²) in [5, 5.41) is 12.7. The van der Waals surface area contributed by atoms with Gasteiger partial charge in [0.1, 0.15) is 17.1 Å². The van der Waals surface area contributed by atoms with Crippen molar-refractivity contribution in [3.63, 3.8) is 0 Å². The quantitative estimate of drug-likeness (QED) is 0.694. The summed E-state index contributed by atoms with van der Waals surface area (Å²) in [6.45, 7) is -0.378. The number of amides is 2. The molecule has 7 nitrogen and oxygen atoms in total. The number of benzene rings is 2. The van der Waals surface area contributed by atoms with Gasteiger partial charge in [0, 0.05) is 0 Å². The first-order valence-electron chi connectivity index (χ1n) is 7.47. The number of halogens is 1. The first-order valence-corrected chi connectivity index (χ1v) is 8.35. The second kappa shape index (κ2) is 8.17. The molecule has 2 amide bonds. The Kier molecular flexibility index (Phi) is 5.49. The Morgan fingerprint density at radius 1 is 1.08 bits per heavy atom. The number of nitrogens with zero attached hydrogens (tertiary/aromatic N) is 2. The Labute approximate surface area is 151 Å². The average molecular weight is 372 g/mol.